The fraction of sp³-hybridized carbons (Fsp3) is 0.571. The van der Waals surface area contributed by atoms with Crippen LogP contribution in [0.5, 0.6) is 5.75 Å². The molecule has 1 aliphatic rings. The monoisotopic (exact) mass is 268 g/mol. The third-order valence-electron chi connectivity index (χ3n) is 3.63. The second kappa shape index (κ2) is 5.47. The van der Waals surface area contributed by atoms with Crippen molar-refractivity contribution < 1.29 is 4.74 Å². The van der Waals surface area contributed by atoms with E-state index in [-0.39, 0.29) is 5.60 Å². The van der Waals surface area contributed by atoms with Crippen LogP contribution < -0.4 is 10.5 Å². The second-order valence-electron chi connectivity index (χ2n) is 5.32. The quantitative estimate of drug-likeness (QED) is 0.916. The maximum Gasteiger partial charge on any atom is 0.138 e. The Hall–Kier alpha value is -0.770. The molecule has 1 saturated heterocycles. The van der Waals surface area contributed by atoms with E-state index in [1.807, 2.05) is 18.2 Å². The molecule has 0 saturated carbocycles. The van der Waals surface area contributed by atoms with Gasteiger partial charge in [0.05, 0.1) is 5.02 Å². The van der Waals surface area contributed by atoms with E-state index >= 15 is 0 Å². The van der Waals surface area contributed by atoms with Crippen LogP contribution in [0.15, 0.2) is 18.2 Å². The Morgan fingerprint density at radius 2 is 2.06 bits per heavy atom. The van der Waals surface area contributed by atoms with Crippen molar-refractivity contribution in [2.45, 2.75) is 31.9 Å². The third-order valence-corrected chi connectivity index (χ3v) is 3.93. The summed E-state index contributed by atoms with van der Waals surface area (Å²) in [7, 11) is 2.14. The molecule has 0 amide bonds. The summed E-state index contributed by atoms with van der Waals surface area (Å²) < 4.78 is 6.12. The summed E-state index contributed by atoms with van der Waals surface area (Å²) in [6.45, 7) is 4.79. The lowest BCUT2D eigenvalue weighted by Crippen LogP contribution is -2.44. The molecule has 18 heavy (non-hydrogen) atoms. The highest BCUT2D eigenvalue weighted by atomic mass is 35.5. The first-order valence-corrected chi connectivity index (χ1v) is 6.76. The van der Waals surface area contributed by atoms with Gasteiger partial charge in [0, 0.05) is 19.6 Å². The van der Waals surface area contributed by atoms with Crippen molar-refractivity contribution in [2.24, 2.45) is 5.73 Å². The Labute approximate surface area is 114 Å². The van der Waals surface area contributed by atoms with Crippen LogP contribution in [-0.4, -0.2) is 30.6 Å². The summed E-state index contributed by atoms with van der Waals surface area (Å²) >= 11 is 6.23. The van der Waals surface area contributed by atoms with E-state index in [2.05, 4.69) is 18.9 Å². The van der Waals surface area contributed by atoms with Crippen molar-refractivity contribution in [2.75, 3.05) is 20.1 Å². The standard InChI is InChI=1S/C14H21ClN2O/c1-14(5-7-17(2)8-6-14)18-13-4-3-11(10-16)9-12(13)15/h3-4,9H,5-8,10,16H2,1-2H3. The van der Waals surface area contributed by atoms with Gasteiger partial charge in [-0.05, 0) is 44.5 Å². The van der Waals surface area contributed by atoms with Gasteiger partial charge < -0.3 is 15.4 Å². The maximum atomic E-state index is 6.23. The summed E-state index contributed by atoms with van der Waals surface area (Å²) in [6.07, 6.45) is 2.05. The van der Waals surface area contributed by atoms with Crippen LogP contribution in [0, 0.1) is 0 Å². The molecule has 2 N–H and O–H groups in total. The largest absolute Gasteiger partial charge is 0.486 e. The van der Waals surface area contributed by atoms with Gasteiger partial charge in [-0.2, -0.15) is 0 Å². The van der Waals surface area contributed by atoms with Gasteiger partial charge in [0.25, 0.3) is 0 Å². The highest BCUT2D eigenvalue weighted by molar-refractivity contribution is 6.32. The van der Waals surface area contributed by atoms with Gasteiger partial charge in [-0.1, -0.05) is 17.7 Å². The summed E-state index contributed by atoms with van der Waals surface area (Å²) in [5.74, 6) is 0.765. The molecule has 1 aromatic carbocycles. The predicted octanol–water partition coefficient (Wildman–Crippen LogP) is 2.66. The molecule has 0 aliphatic carbocycles. The topological polar surface area (TPSA) is 38.5 Å². The van der Waals surface area contributed by atoms with Gasteiger partial charge in [-0.15, -0.1) is 0 Å². The van der Waals surface area contributed by atoms with Crippen molar-refractivity contribution in [1.29, 1.82) is 0 Å². The molecule has 2 rings (SSSR count). The van der Waals surface area contributed by atoms with Crippen molar-refractivity contribution in [3.05, 3.63) is 28.8 Å². The van der Waals surface area contributed by atoms with E-state index in [0.717, 1.165) is 37.2 Å². The molecule has 3 nitrogen and oxygen atoms in total. The van der Waals surface area contributed by atoms with Crippen molar-refractivity contribution in [3.8, 4) is 5.75 Å². The number of ether oxygens (including phenoxy) is 1. The summed E-state index contributed by atoms with van der Waals surface area (Å²) in [4.78, 5) is 2.32. The molecular weight excluding hydrogens is 248 g/mol. The zero-order chi connectivity index (χ0) is 13.2. The molecule has 100 valence electrons. The number of nitrogens with two attached hydrogens (primary N) is 1. The number of halogens is 1. The van der Waals surface area contributed by atoms with Crippen molar-refractivity contribution in [1.82, 2.24) is 4.90 Å². The third kappa shape index (κ3) is 3.16. The van der Waals surface area contributed by atoms with E-state index in [0.29, 0.717) is 11.6 Å². The first-order valence-electron chi connectivity index (χ1n) is 6.38. The molecule has 4 heteroatoms. The van der Waals surface area contributed by atoms with Crippen LogP contribution in [0.3, 0.4) is 0 Å². The molecule has 1 aromatic rings. The van der Waals surface area contributed by atoms with Crippen LogP contribution >= 0.6 is 11.6 Å². The molecule has 1 heterocycles. The highest BCUT2D eigenvalue weighted by Gasteiger charge is 2.31. The van der Waals surface area contributed by atoms with E-state index in [1.54, 1.807) is 0 Å². The van der Waals surface area contributed by atoms with E-state index in [1.165, 1.54) is 0 Å². The molecule has 1 fully saturated rings. The summed E-state index contributed by atoms with van der Waals surface area (Å²) in [5.41, 5.74) is 6.51. The Morgan fingerprint density at radius 1 is 1.39 bits per heavy atom. The van der Waals surface area contributed by atoms with E-state index in [4.69, 9.17) is 22.1 Å². The van der Waals surface area contributed by atoms with Gasteiger partial charge in [-0.3, -0.25) is 0 Å². The summed E-state index contributed by atoms with van der Waals surface area (Å²) in [5, 5.41) is 0.651. The van der Waals surface area contributed by atoms with Crippen LogP contribution in [0.25, 0.3) is 0 Å². The highest BCUT2D eigenvalue weighted by Crippen LogP contribution is 2.33. The first kappa shape index (κ1) is 13.7. The zero-order valence-electron chi connectivity index (χ0n) is 11.1. The van der Waals surface area contributed by atoms with Gasteiger partial charge in [-0.25, -0.2) is 0 Å². The number of rotatable bonds is 3. The normalized spacial score (nSPS) is 19.8. The number of benzene rings is 1. The molecule has 0 unspecified atom stereocenters. The minimum Gasteiger partial charge on any atom is -0.486 e. The average molecular weight is 269 g/mol. The molecule has 0 spiro atoms. The fourth-order valence-electron chi connectivity index (χ4n) is 2.21. The van der Waals surface area contributed by atoms with Crippen LogP contribution in [-0.2, 0) is 6.54 Å². The molecule has 0 atom stereocenters. The smallest absolute Gasteiger partial charge is 0.138 e. The molecule has 0 bridgehead atoms. The number of piperidine rings is 1. The minimum atomic E-state index is -0.111. The molecule has 0 radical (unpaired) electrons. The van der Waals surface area contributed by atoms with Crippen molar-refractivity contribution >= 4 is 11.6 Å². The predicted molar refractivity (Wildman–Crippen MR) is 75.1 cm³/mol. The Morgan fingerprint density at radius 3 is 2.61 bits per heavy atom. The maximum absolute atomic E-state index is 6.23. The zero-order valence-corrected chi connectivity index (χ0v) is 11.8. The second-order valence-corrected chi connectivity index (χ2v) is 5.73. The van der Waals surface area contributed by atoms with Crippen LogP contribution in [0.1, 0.15) is 25.3 Å². The van der Waals surface area contributed by atoms with Gasteiger partial charge >= 0.3 is 0 Å². The van der Waals surface area contributed by atoms with Gasteiger partial charge in [0.1, 0.15) is 11.4 Å². The average Bonchev–Trinajstić information content (AvgIpc) is 2.36. The molecule has 1 aliphatic heterocycles. The lowest BCUT2D eigenvalue weighted by molar-refractivity contribution is 0.0241. The Bertz CT molecular complexity index is 414. The van der Waals surface area contributed by atoms with Crippen LogP contribution in [0.4, 0.5) is 0 Å². The van der Waals surface area contributed by atoms with E-state index < -0.39 is 0 Å². The van der Waals surface area contributed by atoms with Crippen LogP contribution in [0.2, 0.25) is 5.02 Å². The minimum absolute atomic E-state index is 0.111. The molecular formula is C14H21ClN2O. The Kier molecular flexibility index (Phi) is 4.15. The van der Waals surface area contributed by atoms with Crippen molar-refractivity contribution in [3.63, 3.8) is 0 Å². The molecule has 0 aromatic heterocycles. The Balaban J connectivity index is 2.09. The first-order chi connectivity index (χ1) is 8.52. The fourth-order valence-corrected chi connectivity index (χ4v) is 2.45. The summed E-state index contributed by atoms with van der Waals surface area (Å²) in [6, 6.07) is 5.78. The SMILES string of the molecule is CN1CCC(C)(Oc2ccc(CN)cc2Cl)CC1. The lowest BCUT2D eigenvalue weighted by Gasteiger charge is -2.38. The number of nitrogens with zero attached hydrogens (tertiary/aromatic N) is 1. The van der Waals surface area contributed by atoms with E-state index in [9.17, 15) is 0 Å². The number of hydrogen-bond acceptors (Lipinski definition) is 3. The van der Waals surface area contributed by atoms with Gasteiger partial charge in [0.15, 0.2) is 0 Å². The number of likely N-dealkylation sites (tertiary alicyclic amines) is 1. The van der Waals surface area contributed by atoms with Gasteiger partial charge in [0.2, 0.25) is 0 Å². The lowest BCUT2D eigenvalue weighted by atomic mass is 9.93. The number of hydrogen-bond donors (Lipinski definition) is 1.